The molecule has 1 saturated carbocycles. The number of nitrogens with two attached hydrogens (primary N) is 1. The van der Waals surface area contributed by atoms with Gasteiger partial charge in [-0.3, -0.25) is 4.90 Å². The van der Waals surface area contributed by atoms with E-state index in [-0.39, 0.29) is 0 Å². The van der Waals surface area contributed by atoms with Gasteiger partial charge in [-0.05, 0) is 30.7 Å². The minimum atomic E-state index is 0.412. The van der Waals surface area contributed by atoms with Gasteiger partial charge in [-0.2, -0.15) is 0 Å². The molecule has 1 aromatic heterocycles. The molecule has 0 spiro atoms. The molecule has 1 aromatic rings. The molecule has 3 unspecified atom stereocenters. The van der Waals surface area contributed by atoms with Gasteiger partial charge in [-0.25, -0.2) is 9.97 Å². The van der Waals surface area contributed by atoms with Gasteiger partial charge in [0.2, 0.25) is 0 Å². The topological polar surface area (TPSA) is 55.0 Å². The van der Waals surface area contributed by atoms with Crippen LogP contribution in [0.1, 0.15) is 25.1 Å². The maximum Gasteiger partial charge on any atom is 0.142 e. The Morgan fingerprint density at radius 1 is 1.24 bits per heavy atom. The Balaban J connectivity index is 1.64. The van der Waals surface area contributed by atoms with Crippen LogP contribution in [-0.4, -0.2) is 34.0 Å². The van der Waals surface area contributed by atoms with Crippen LogP contribution >= 0.6 is 0 Å². The maximum atomic E-state index is 6.22. The Kier molecular flexibility index (Phi) is 3.07. The molecule has 3 rings (SSSR count). The fourth-order valence-corrected chi connectivity index (χ4v) is 3.35. The van der Waals surface area contributed by atoms with Crippen molar-refractivity contribution in [1.29, 1.82) is 0 Å². The molecule has 1 aliphatic heterocycles. The second kappa shape index (κ2) is 4.70. The molecule has 0 radical (unpaired) electrons. The molecule has 3 atom stereocenters. The van der Waals surface area contributed by atoms with Crippen LogP contribution in [0.15, 0.2) is 18.5 Å². The van der Waals surface area contributed by atoms with E-state index in [1.54, 1.807) is 0 Å². The van der Waals surface area contributed by atoms with Crippen LogP contribution in [0.25, 0.3) is 0 Å². The van der Waals surface area contributed by atoms with E-state index in [1.807, 2.05) is 18.5 Å². The molecule has 0 aromatic carbocycles. The van der Waals surface area contributed by atoms with Crippen LogP contribution in [0.5, 0.6) is 0 Å². The van der Waals surface area contributed by atoms with Gasteiger partial charge >= 0.3 is 0 Å². The molecule has 17 heavy (non-hydrogen) atoms. The summed E-state index contributed by atoms with van der Waals surface area (Å²) in [5, 5.41) is 0. The molecule has 2 N–H and O–H groups in total. The third-order valence-electron chi connectivity index (χ3n) is 4.21. The Labute approximate surface area is 102 Å². The molecule has 1 saturated heterocycles. The molecule has 1 aliphatic carbocycles. The first-order valence-electron chi connectivity index (χ1n) is 6.57. The van der Waals surface area contributed by atoms with E-state index in [4.69, 9.17) is 5.73 Å². The van der Waals surface area contributed by atoms with Gasteiger partial charge in [-0.15, -0.1) is 0 Å². The SMILES string of the molecule is NC1CCCC2CN(Cc3ncccn3)CC12. The Morgan fingerprint density at radius 2 is 2.06 bits per heavy atom. The summed E-state index contributed by atoms with van der Waals surface area (Å²) in [4.78, 5) is 11.1. The van der Waals surface area contributed by atoms with Crippen LogP contribution in [0.3, 0.4) is 0 Å². The summed E-state index contributed by atoms with van der Waals surface area (Å²) in [6, 6.07) is 2.28. The number of hydrogen-bond acceptors (Lipinski definition) is 4. The van der Waals surface area contributed by atoms with Crippen molar-refractivity contribution in [2.75, 3.05) is 13.1 Å². The van der Waals surface area contributed by atoms with Gasteiger partial charge in [0.05, 0.1) is 6.54 Å². The molecule has 2 fully saturated rings. The van der Waals surface area contributed by atoms with Crippen molar-refractivity contribution >= 4 is 0 Å². The van der Waals surface area contributed by atoms with Gasteiger partial charge in [0.15, 0.2) is 0 Å². The number of nitrogens with zero attached hydrogens (tertiary/aromatic N) is 3. The number of likely N-dealkylation sites (tertiary alicyclic amines) is 1. The first-order valence-corrected chi connectivity index (χ1v) is 6.57. The average Bonchev–Trinajstić information content (AvgIpc) is 2.74. The smallest absolute Gasteiger partial charge is 0.142 e. The summed E-state index contributed by atoms with van der Waals surface area (Å²) in [6.07, 6.45) is 7.49. The number of fused-ring (bicyclic) bond motifs is 1. The van der Waals surface area contributed by atoms with Crippen LogP contribution in [-0.2, 0) is 6.54 Å². The minimum Gasteiger partial charge on any atom is -0.327 e. The van der Waals surface area contributed by atoms with Gasteiger partial charge in [0.1, 0.15) is 5.82 Å². The average molecular weight is 232 g/mol. The van der Waals surface area contributed by atoms with Crippen molar-refractivity contribution in [1.82, 2.24) is 14.9 Å². The first kappa shape index (κ1) is 11.1. The van der Waals surface area contributed by atoms with E-state index in [0.717, 1.165) is 24.8 Å². The summed E-state index contributed by atoms with van der Waals surface area (Å²) < 4.78 is 0. The van der Waals surface area contributed by atoms with Crippen LogP contribution in [0, 0.1) is 11.8 Å². The van der Waals surface area contributed by atoms with Gasteiger partial charge in [-0.1, -0.05) is 6.42 Å². The minimum absolute atomic E-state index is 0.412. The summed E-state index contributed by atoms with van der Waals surface area (Å²) in [5.74, 6) is 2.44. The predicted octanol–water partition coefficient (Wildman–Crippen LogP) is 1.04. The van der Waals surface area contributed by atoms with Crippen LogP contribution in [0.2, 0.25) is 0 Å². The van der Waals surface area contributed by atoms with E-state index in [0.29, 0.717) is 12.0 Å². The standard InChI is InChI=1S/C13H20N4/c14-12-4-1-3-10-7-17(8-11(10)12)9-13-15-5-2-6-16-13/h2,5-6,10-12H,1,3-4,7-9,14H2. The number of hydrogen-bond donors (Lipinski definition) is 1. The van der Waals surface area contributed by atoms with Gasteiger partial charge in [0, 0.05) is 31.5 Å². The molecule has 0 bridgehead atoms. The number of aromatic nitrogens is 2. The second-order valence-corrected chi connectivity index (χ2v) is 5.38. The summed E-state index contributed by atoms with van der Waals surface area (Å²) in [7, 11) is 0. The van der Waals surface area contributed by atoms with Crippen molar-refractivity contribution in [3.05, 3.63) is 24.3 Å². The van der Waals surface area contributed by atoms with E-state index in [2.05, 4.69) is 14.9 Å². The fraction of sp³-hybridized carbons (Fsp3) is 0.692. The monoisotopic (exact) mass is 232 g/mol. The van der Waals surface area contributed by atoms with Crippen molar-refractivity contribution in [3.63, 3.8) is 0 Å². The van der Waals surface area contributed by atoms with Crippen molar-refractivity contribution in [2.24, 2.45) is 17.6 Å². The highest BCUT2D eigenvalue weighted by Crippen LogP contribution is 2.35. The molecular formula is C13H20N4. The van der Waals surface area contributed by atoms with Crippen LogP contribution in [0.4, 0.5) is 0 Å². The quantitative estimate of drug-likeness (QED) is 0.827. The Bertz CT molecular complexity index is 367. The third-order valence-corrected chi connectivity index (χ3v) is 4.21. The van der Waals surface area contributed by atoms with E-state index in [1.165, 1.54) is 25.8 Å². The fourth-order valence-electron chi connectivity index (χ4n) is 3.35. The van der Waals surface area contributed by atoms with Crippen LogP contribution < -0.4 is 5.73 Å². The molecular weight excluding hydrogens is 212 g/mol. The molecule has 4 heteroatoms. The highest BCUT2D eigenvalue weighted by atomic mass is 15.2. The third kappa shape index (κ3) is 2.33. The molecule has 2 aliphatic rings. The first-order chi connectivity index (χ1) is 8.33. The Morgan fingerprint density at radius 3 is 2.82 bits per heavy atom. The lowest BCUT2D eigenvalue weighted by atomic mass is 9.78. The largest absolute Gasteiger partial charge is 0.327 e. The maximum absolute atomic E-state index is 6.22. The summed E-state index contributed by atoms with van der Waals surface area (Å²) in [6.45, 7) is 3.18. The molecule has 0 amide bonds. The zero-order valence-electron chi connectivity index (χ0n) is 10.1. The lowest BCUT2D eigenvalue weighted by molar-refractivity contribution is 0.259. The summed E-state index contributed by atoms with van der Waals surface area (Å²) >= 11 is 0. The Hall–Kier alpha value is -1.00. The lowest BCUT2D eigenvalue weighted by Crippen LogP contribution is -2.38. The van der Waals surface area contributed by atoms with E-state index < -0.39 is 0 Å². The van der Waals surface area contributed by atoms with E-state index >= 15 is 0 Å². The number of rotatable bonds is 2. The van der Waals surface area contributed by atoms with Gasteiger partial charge in [0.25, 0.3) is 0 Å². The zero-order chi connectivity index (χ0) is 11.7. The highest BCUT2D eigenvalue weighted by molar-refractivity contribution is 4.96. The predicted molar refractivity (Wildman–Crippen MR) is 66.1 cm³/mol. The lowest BCUT2D eigenvalue weighted by Gasteiger charge is -2.29. The van der Waals surface area contributed by atoms with Gasteiger partial charge < -0.3 is 5.73 Å². The summed E-state index contributed by atoms with van der Waals surface area (Å²) in [5.41, 5.74) is 6.22. The van der Waals surface area contributed by atoms with Crippen molar-refractivity contribution in [3.8, 4) is 0 Å². The zero-order valence-corrected chi connectivity index (χ0v) is 10.1. The normalized spacial score (nSPS) is 33.6. The highest BCUT2D eigenvalue weighted by Gasteiger charge is 2.38. The molecule has 92 valence electrons. The van der Waals surface area contributed by atoms with Crippen molar-refractivity contribution in [2.45, 2.75) is 31.8 Å². The molecule has 2 heterocycles. The second-order valence-electron chi connectivity index (χ2n) is 5.38. The van der Waals surface area contributed by atoms with Crippen molar-refractivity contribution < 1.29 is 0 Å². The van der Waals surface area contributed by atoms with E-state index in [9.17, 15) is 0 Å². The molecule has 4 nitrogen and oxygen atoms in total.